The molecule has 1 atom stereocenters. The molecule has 0 aliphatic carbocycles. The van der Waals surface area contributed by atoms with Crippen LogP contribution in [0.15, 0.2) is 48.5 Å². The normalized spacial score (nSPS) is 16.6. The number of carbonyl (C=O) groups is 2. The Labute approximate surface area is 168 Å². The summed E-state index contributed by atoms with van der Waals surface area (Å²) in [7, 11) is 0. The zero-order valence-electron chi connectivity index (χ0n) is 16.3. The Morgan fingerprint density at radius 1 is 1.28 bits per heavy atom. The first-order valence-electron chi connectivity index (χ1n) is 9.55. The summed E-state index contributed by atoms with van der Waals surface area (Å²) in [6.07, 6.45) is 0.0454. The zero-order valence-corrected chi connectivity index (χ0v) is 16.3. The first kappa shape index (κ1) is 18.8. The van der Waals surface area contributed by atoms with Gasteiger partial charge in [-0.1, -0.05) is 18.2 Å². The molecule has 1 aliphatic heterocycles. The Balaban J connectivity index is 1.58. The fourth-order valence-electron chi connectivity index (χ4n) is 3.63. The summed E-state index contributed by atoms with van der Waals surface area (Å²) in [4.78, 5) is 27.8. The molecule has 8 heteroatoms. The van der Waals surface area contributed by atoms with Gasteiger partial charge in [-0.2, -0.15) is 5.10 Å². The van der Waals surface area contributed by atoms with Gasteiger partial charge in [-0.15, -0.1) is 0 Å². The number of rotatable bonds is 5. The maximum absolute atomic E-state index is 12.8. The third-order valence-electron chi connectivity index (χ3n) is 5.00. The van der Waals surface area contributed by atoms with E-state index in [4.69, 9.17) is 10.5 Å². The highest BCUT2D eigenvalue weighted by molar-refractivity contribution is 6.01. The van der Waals surface area contributed by atoms with E-state index in [9.17, 15) is 9.59 Å². The predicted octanol–water partition coefficient (Wildman–Crippen LogP) is 3.04. The number of nitrogens with one attached hydrogen (secondary N) is 1. The van der Waals surface area contributed by atoms with E-state index in [0.717, 1.165) is 11.2 Å². The average Bonchev–Trinajstić information content (AvgIpc) is 3.26. The second-order valence-corrected chi connectivity index (χ2v) is 7.28. The molecule has 2 aromatic carbocycles. The number of primary amides is 1. The van der Waals surface area contributed by atoms with Gasteiger partial charge in [-0.3, -0.25) is 14.8 Å². The van der Waals surface area contributed by atoms with Crippen LogP contribution in [0.3, 0.4) is 0 Å². The minimum absolute atomic E-state index is 0.0651. The Bertz CT molecular complexity index is 1050. The van der Waals surface area contributed by atoms with E-state index in [-0.39, 0.29) is 11.9 Å². The van der Waals surface area contributed by atoms with Gasteiger partial charge in [0, 0.05) is 30.1 Å². The van der Waals surface area contributed by atoms with Crippen LogP contribution in [0.25, 0.3) is 10.9 Å². The van der Waals surface area contributed by atoms with E-state index < -0.39 is 12.1 Å². The van der Waals surface area contributed by atoms with Gasteiger partial charge in [0.05, 0.1) is 5.52 Å². The molecular weight excluding hydrogens is 370 g/mol. The molecule has 29 heavy (non-hydrogen) atoms. The number of hydrogen-bond donors (Lipinski definition) is 2. The lowest BCUT2D eigenvalue weighted by molar-refractivity contribution is -0.122. The van der Waals surface area contributed by atoms with Gasteiger partial charge in [0.15, 0.2) is 11.9 Å². The minimum Gasteiger partial charge on any atom is -0.480 e. The number of anilines is 2. The molecule has 3 aromatic rings. The smallest absolute Gasteiger partial charge is 0.320 e. The number of aromatic amines is 1. The predicted molar refractivity (Wildman–Crippen MR) is 111 cm³/mol. The number of nitrogens with zero attached hydrogens (tertiary/aromatic N) is 3. The van der Waals surface area contributed by atoms with Crippen LogP contribution in [0.4, 0.5) is 16.3 Å². The second-order valence-electron chi connectivity index (χ2n) is 7.28. The molecule has 0 bridgehead atoms. The van der Waals surface area contributed by atoms with E-state index in [1.807, 2.05) is 50.2 Å². The molecule has 8 nitrogen and oxygen atoms in total. The molecular formula is C21H23N5O3. The number of ether oxygens (including phenoxy) is 1. The highest BCUT2D eigenvalue weighted by atomic mass is 16.5. The Hall–Kier alpha value is -3.55. The molecule has 0 saturated carbocycles. The van der Waals surface area contributed by atoms with E-state index in [1.165, 1.54) is 4.90 Å². The van der Waals surface area contributed by atoms with Crippen LogP contribution in [0, 0.1) is 0 Å². The van der Waals surface area contributed by atoms with Crippen LogP contribution in [0.5, 0.6) is 5.75 Å². The maximum Gasteiger partial charge on any atom is 0.320 e. The highest BCUT2D eigenvalue weighted by Gasteiger charge is 2.34. The van der Waals surface area contributed by atoms with Gasteiger partial charge >= 0.3 is 6.03 Å². The minimum atomic E-state index is -0.579. The summed E-state index contributed by atoms with van der Waals surface area (Å²) in [6, 6.07) is 14.2. The van der Waals surface area contributed by atoms with Crippen LogP contribution >= 0.6 is 0 Å². The Kier molecular flexibility index (Phi) is 4.84. The van der Waals surface area contributed by atoms with Crippen molar-refractivity contribution in [2.24, 2.45) is 5.73 Å². The molecule has 1 aromatic heterocycles. The molecule has 1 saturated heterocycles. The second kappa shape index (κ2) is 7.46. The maximum atomic E-state index is 12.8. The number of fused-ring (bicyclic) bond motifs is 1. The SMILES string of the molecule is CC(C)N(C(N)=O)c1n[nH]c2ccc(OC3CCN(c4ccccc4)C3=O)cc12. The van der Waals surface area contributed by atoms with Crippen molar-refractivity contribution >= 4 is 34.3 Å². The molecule has 2 heterocycles. The third kappa shape index (κ3) is 3.49. The van der Waals surface area contributed by atoms with Crippen LogP contribution in [0.2, 0.25) is 0 Å². The number of carbonyl (C=O) groups excluding carboxylic acids is 2. The van der Waals surface area contributed by atoms with Crippen LogP contribution in [-0.4, -0.2) is 40.8 Å². The fourth-order valence-corrected chi connectivity index (χ4v) is 3.63. The van der Waals surface area contributed by atoms with Crippen molar-refractivity contribution in [1.29, 1.82) is 0 Å². The highest BCUT2D eigenvalue weighted by Crippen LogP contribution is 2.31. The van der Waals surface area contributed by atoms with Crippen molar-refractivity contribution in [3.8, 4) is 5.75 Å². The lowest BCUT2D eigenvalue weighted by Gasteiger charge is -2.22. The van der Waals surface area contributed by atoms with E-state index in [0.29, 0.717) is 29.9 Å². The van der Waals surface area contributed by atoms with Gasteiger partial charge < -0.3 is 15.4 Å². The molecule has 1 unspecified atom stereocenters. The fraction of sp³-hybridized carbons (Fsp3) is 0.286. The summed E-state index contributed by atoms with van der Waals surface area (Å²) in [5.41, 5.74) is 7.15. The van der Waals surface area contributed by atoms with Gasteiger partial charge in [0.2, 0.25) is 0 Å². The number of aromatic nitrogens is 2. The number of benzene rings is 2. The topological polar surface area (TPSA) is 105 Å². The van der Waals surface area contributed by atoms with Gasteiger partial charge in [0.1, 0.15) is 5.75 Å². The third-order valence-corrected chi connectivity index (χ3v) is 5.00. The Morgan fingerprint density at radius 3 is 2.72 bits per heavy atom. The standard InChI is InChI=1S/C21H23N5O3/c1-13(2)26(21(22)28)19-16-12-15(8-9-17(16)23-24-19)29-18-10-11-25(20(18)27)14-6-4-3-5-7-14/h3-9,12-13,18H,10-11H2,1-2H3,(H2,22,28)(H,23,24). The van der Waals surface area contributed by atoms with Crippen molar-refractivity contribution in [2.75, 3.05) is 16.3 Å². The lowest BCUT2D eigenvalue weighted by atomic mass is 10.2. The van der Waals surface area contributed by atoms with E-state index in [2.05, 4.69) is 10.2 Å². The van der Waals surface area contributed by atoms with Gasteiger partial charge in [-0.05, 0) is 44.2 Å². The van der Waals surface area contributed by atoms with Crippen LogP contribution in [-0.2, 0) is 4.79 Å². The number of amides is 3. The van der Waals surface area contributed by atoms with Crippen molar-refractivity contribution in [1.82, 2.24) is 10.2 Å². The van der Waals surface area contributed by atoms with E-state index in [1.54, 1.807) is 17.0 Å². The number of nitrogens with two attached hydrogens (primary N) is 1. The van der Waals surface area contributed by atoms with Crippen LogP contribution in [0.1, 0.15) is 20.3 Å². The summed E-state index contributed by atoms with van der Waals surface area (Å²) < 4.78 is 6.00. The largest absolute Gasteiger partial charge is 0.480 e. The monoisotopic (exact) mass is 393 g/mol. The molecule has 0 spiro atoms. The molecule has 0 radical (unpaired) electrons. The first-order valence-corrected chi connectivity index (χ1v) is 9.55. The van der Waals surface area contributed by atoms with Gasteiger partial charge in [0.25, 0.3) is 5.91 Å². The summed E-state index contributed by atoms with van der Waals surface area (Å²) in [5.74, 6) is 0.919. The first-order chi connectivity index (χ1) is 14.0. The summed E-state index contributed by atoms with van der Waals surface area (Å²) >= 11 is 0. The van der Waals surface area contributed by atoms with Crippen LogP contribution < -0.4 is 20.3 Å². The lowest BCUT2D eigenvalue weighted by Crippen LogP contribution is -2.41. The average molecular weight is 393 g/mol. The van der Waals surface area contributed by atoms with Crippen molar-refractivity contribution < 1.29 is 14.3 Å². The molecule has 3 amide bonds. The summed E-state index contributed by atoms with van der Waals surface area (Å²) in [5, 5.41) is 7.86. The number of H-pyrrole nitrogens is 1. The molecule has 3 N–H and O–H groups in total. The zero-order chi connectivity index (χ0) is 20.5. The van der Waals surface area contributed by atoms with Crippen molar-refractivity contribution in [3.63, 3.8) is 0 Å². The molecule has 150 valence electrons. The summed E-state index contributed by atoms with van der Waals surface area (Å²) in [6.45, 7) is 4.33. The number of hydrogen-bond acceptors (Lipinski definition) is 4. The molecule has 4 rings (SSSR count). The van der Waals surface area contributed by atoms with Crippen molar-refractivity contribution in [2.45, 2.75) is 32.4 Å². The van der Waals surface area contributed by atoms with E-state index >= 15 is 0 Å². The number of urea groups is 1. The van der Waals surface area contributed by atoms with Gasteiger partial charge in [-0.25, -0.2) is 4.79 Å². The number of para-hydroxylation sites is 1. The Morgan fingerprint density at radius 2 is 2.03 bits per heavy atom. The molecule has 1 fully saturated rings. The van der Waals surface area contributed by atoms with Crippen molar-refractivity contribution in [3.05, 3.63) is 48.5 Å². The molecule has 1 aliphatic rings. The quantitative estimate of drug-likeness (QED) is 0.695.